The van der Waals surface area contributed by atoms with Crippen molar-refractivity contribution in [2.75, 3.05) is 7.05 Å². The fraction of sp³-hybridized carbons (Fsp3) is 0.294. The summed E-state index contributed by atoms with van der Waals surface area (Å²) in [5, 5.41) is 8.72. The Morgan fingerprint density at radius 1 is 1.19 bits per heavy atom. The Kier molecular flexibility index (Phi) is 6.16. The first-order valence-corrected chi connectivity index (χ1v) is 7.93. The first-order chi connectivity index (χ1) is 12.4. The maximum Gasteiger partial charge on any atom is 0.272 e. The molecule has 1 heterocycles. The number of likely N-dealkylation sites (N-methyl/N-ethyl adjacent to an activating group) is 1. The van der Waals surface area contributed by atoms with Gasteiger partial charge in [0.25, 0.3) is 11.5 Å². The van der Waals surface area contributed by atoms with Crippen molar-refractivity contribution in [3.05, 3.63) is 63.6 Å². The molecule has 26 heavy (non-hydrogen) atoms. The van der Waals surface area contributed by atoms with Gasteiger partial charge in [0.1, 0.15) is 11.7 Å². The van der Waals surface area contributed by atoms with Crippen LogP contribution in [0.25, 0.3) is 0 Å². The van der Waals surface area contributed by atoms with E-state index in [0.29, 0.717) is 13.0 Å². The molecule has 0 bridgehead atoms. The zero-order chi connectivity index (χ0) is 19.3. The van der Waals surface area contributed by atoms with Crippen LogP contribution in [-0.4, -0.2) is 28.6 Å². The number of nitrogens with one attached hydrogen (secondary N) is 2. The van der Waals surface area contributed by atoms with Crippen LogP contribution in [0.1, 0.15) is 35.4 Å². The van der Waals surface area contributed by atoms with Crippen LogP contribution in [0, 0.1) is 11.6 Å². The highest BCUT2D eigenvalue weighted by atomic mass is 19.2. The number of rotatable bonds is 6. The second kappa shape index (κ2) is 8.32. The van der Waals surface area contributed by atoms with Gasteiger partial charge in [0.2, 0.25) is 5.91 Å². The Morgan fingerprint density at radius 2 is 1.92 bits per heavy atom. The number of benzene rings is 1. The SMILES string of the molecule is CCCn1nc(C(=O)NC(C(=O)NC)c2ccc(F)c(F)c2)ccc1=O. The van der Waals surface area contributed by atoms with Crippen molar-refractivity contribution in [2.45, 2.75) is 25.9 Å². The molecule has 0 aliphatic carbocycles. The summed E-state index contributed by atoms with van der Waals surface area (Å²) in [5.74, 6) is -3.55. The first-order valence-electron chi connectivity index (χ1n) is 7.93. The molecule has 2 rings (SSSR count). The molecular weight excluding hydrogens is 346 g/mol. The molecule has 0 saturated carbocycles. The van der Waals surface area contributed by atoms with Gasteiger partial charge in [-0.3, -0.25) is 14.4 Å². The van der Waals surface area contributed by atoms with E-state index >= 15 is 0 Å². The summed E-state index contributed by atoms with van der Waals surface area (Å²) in [6.45, 7) is 2.19. The van der Waals surface area contributed by atoms with Crippen molar-refractivity contribution in [1.82, 2.24) is 20.4 Å². The number of halogens is 2. The minimum Gasteiger partial charge on any atom is -0.357 e. The molecule has 0 aliphatic rings. The molecule has 1 unspecified atom stereocenters. The van der Waals surface area contributed by atoms with Gasteiger partial charge in [-0.05, 0) is 30.2 Å². The number of aromatic nitrogens is 2. The summed E-state index contributed by atoms with van der Waals surface area (Å²) in [4.78, 5) is 36.2. The van der Waals surface area contributed by atoms with Crippen LogP contribution >= 0.6 is 0 Å². The Hall–Kier alpha value is -3.10. The van der Waals surface area contributed by atoms with Crippen molar-refractivity contribution in [2.24, 2.45) is 0 Å². The van der Waals surface area contributed by atoms with Crippen molar-refractivity contribution in [3.8, 4) is 0 Å². The summed E-state index contributed by atoms with van der Waals surface area (Å²) in [7, 11) is 1.35. The highest BCUT2D eigenvalue weighted by Gasteiger charge is 2.24. The Bertz CT molecular complexity index is 883. The Labute approximate surface area is 148 Å². The van der Waals surface area contributed by atoms with Crippen LogP contribution in [0.2, 0.25) is 0 Å². The van der Waals surface area contributed by atoms with Gasteiger partial charge in [-0.2, -0.15) is 5.10 Å². The van der Waals surface area contributed by atoms with Gasteiger partial charge in [0.05, 0.1) is 0 Å². The zero-order valence-corrected chi connectivity index (χ0v) is 14.3. The van der Waals surface area contributed by atoms with Gasteiger partial charge < -0.3 is 10.6 Å². The number of nitrogens with zero attached hydrogens (tertiary/aromatic N) is 2. The molecule has 1 atom stereocenters. The first kappa shape index (κ1) is 19.2. The molecule has 2 aromatic rings. The zero-order valence-electron chi connectivity index (χ0n) is 14.3. The van der Waals surface area contributed by atoms with Crippen molar-refractivity contribution < 1.29 is 18.4 Å². The Morgan fingerprint density at radius 3 is 2.54 bits per heavy atom. The standard InChI is InChI=1S/C17H18F2N4O3/c1-3-8-23-14(24)7-6-13(22-23)16(25)21-15(17(26)20-2)10-4-5-11(18)12(19)9-10/h4-7,9,15H,3,8H2,1-2H3,(H,20,26)(H,21,25). The van der Waals surface area contributed by atoms with Gasteiger partial charge in [-0.15, -0.1) is 0 Å². The smallest absolute Gasteiger partial charge is 0.272 e. The second-order valence-corrected chi connectivity index (χ2v) is 5.47. The van der Waals surface area contributed by atoms with Gasteiger partial charge in [0, 0.05) is 19.7 Å². The fourth-order valence-electron chi connectivity index (χ4n) is 2.28. The van der Waals surface area contributed by atoms with E-state index in [1.165, 1.54) is 25.2 Å². The molecule has 0 aliphatic heterocycles. The average molecular weight is 364 g/mol. The van der Waals surface area contributed by atoms with Crippen LogP contribution in [0.3, 0.4) is 0 Å². The molecule has 7 nitrogen and oxygen atoms in total. The third-order valence-electron chi connectivity index (χ3n) is 3.60. The number of hydrogen-bond acceptors (Lipinski definition) is 4. The van der Waals surface area contributed by atoms with E-state index in [9.17, 15) is 23.2 Å². The predicted octanol–water partition coefficient (Wildman–Crippen LogP) is 1.15. The number of carbonyl (C=O) groups is 2. The Balaban J connectivity index is 2.32. The van der Waals surface area contributed by atoms with Gasteiger partial charge in [-0.1, -0.05) is 13.0 Å². The normalized spacial score (nSPS) is 11.7. The predicted molar refractivity (Wildman–Crippen MR) is 89.4 cm³/mol. The average Bonchev–Trinajstić information content (AvgIpc) is 2.63. The minimum absolute atomic E-state index is 0.0680. The molecule has 1 aromatic heterocycles. The van der Waals surface area contributed by atoms with Gasteiger partial charge in [-0.25, -0.2) is 13.5 Å². The van der Waals surface area contributed by atoms with E-state index < -0.39 is 29.5 Å². The summed E-state index contributed by atoms with van der Waals surface area (Å²) < 4.78 is 27.7. The highest BCUT2D eigenvalue weighted by molar-refractivity contribution is 5.96. The minimum atomic E-state index is -1.25. The summed E-state index contributed by atoms with van der Waals surface area (Å²) in [6, 6.07) is 4.08. The van der Waals surface area contributed by atoms with Crippen LogP contribution in [0.15, 0.2) is 35.1 Å². The van der Waals surface area contributed by atoms with Crippen LogP contribution in [-0.2, 0) is 11.3 Å². The van der Waals surface area contributed by atoms with E-state index in [1.54, 1.807) is 0 Å². The van der Waals surface area contributed by atoms with Crippen molar-refractivity contribution in [3.63, 3.8) is 0 Å². The molecule has 138 valence electrons. The molecule has 2 N–H and O–H groups in total. The summed E-state index contributed by atoms with van der Waals surface area (Å²) in [6.07, 6.45) is 0.647. The van der Waals surface area contributed by atoms with E-state index in [2.05, 4.69) is 15.7 Å². The number of amides is 2. The van der Waals surface area contributed by atoms with Crippen LogP contribution in [0.4, 0.5) is 8.78 Å². The third-order valence-corrected chi connectivity index (χ3v) is 3.60. The maximum absolute atomic E-state index is 13.5. The van der Waals surface area contributed by atoms with Gasteiger partial charge >= 0.3 is 0 Å². The summed E-state index contributed by atoms with van der Waals surface area (Å²) in [5.41, 5.74) is -0.361. The van der Waals surface area contributed by atoms with Gasteiger partial charge in [0.15, 0.2) is 11.6 Å². The van der Waals surface area contributed by atoms with E-state index in [4.69, 9.17) is 0 Å². The topological polar surface area (TPSA) is 93.1 Å². The van der Waals surface area contributed by atoms with Crippen LogP contribution in [0.5, 0.6) is 0 Å². The van der Waals surface area contributed by atoms with Crippen molar-refractivity contribution in [1.29, 1.82) is 0 Å². The maximum atomic E-state index is 13.5. The quantitative estimate of drug-likeness (QED) is 0.804. The molecule has 0 fully saturated rings. The lowest BCUT2D eigenvalue weighted by Gasteiger charge is -2.18. The monoisotopic (exact) mass is 364 g/mol. The molecule has 0 spiro atoms. The van der Waals surface area contributed by atoms with Crippen molar-refractivity contribution >= 4 is 11.8 Å². The summed E-state index contributed by atoms with van der Waals surface area (Å²) >= 11 is 0. The van der Waals surface area contributed by atoms with E-state index in [0.717, 1.165) is 16.8 Å². The lowest BCUT2D eigenvalue weighted by atomic mass is 10.1. The molecular formula is C17H18F2N4O3. The fourth-order valence-corrected chi connectivity index (χ4v) is 2.28. The molecule has 1 aromatic carbocycles. The lowest BCUT2D eigenvalue weighted by Crippen LogP contribution is -2.40. The molecule has 0 saturated heterocycles. The highest BCUT2D eigenvalue weighted by Crippen LogP contribution is 2.17. The second-order valence-electron chi connectivity index (χ2n) is 5.47. The lowest BCUT2D eigenvalue weighted by molar-refractivity contribution is -0.122. The third kappa shape index (κ3) is 4.29. The molecule has 9 heteroatoms. The number of aryl methyl sites for hydroxylation is 1. The van der Waals surface area contributed by atoms with E-state index in [1.807, 2.05) is 6.92 Å². The number of hydrogen-bond donors (Lipinski definition) is 2. The molecule has 2 amide bonds. The van der Waals surface area contributed by atoms with Crippen LogP contribution < -0.4 is 16.2 Å². The number of carbonyl (C=O) groups excluding carboxylic acids is 2. The molecule has 0 radical (unpaired) electrons. The largest absolute Gasteiger partial charge is 0.357 e. The van der Waals surface area contributed by atoms with E-state index in [-0.39, 0.29) is 16.8 Å².